The predicted octanol–water partition coefficient (Wildman–Crippen LogP) is 2.01. The van der Waals surface area contributed by atoms with E-state index in [9.17, 15) is 35.1 Å². The highest BCUT2D eigenvalue weighted by molar-refractivity contribution is 7.86. The van der Waals surface area contributed by atoms with Gasteiger partial charge in [0, 0.05) is 6.20 Å². The van der Waals surface area contributed by atoms with Crippen LogP contribution in [0.3, 0.4) is 0 Å². The summed E-state index contributed by atoms with van der Waals surface area (Å²) in [6, 6.07) is 0. The predicted molar refractivity (Wildman–Crippen MR) is 52.1 cm³/mol. The van der Waals surface area contributed by atoms with Crippen molar-refractivity contribution in [1.82, 2.24) is 15.2 Å². The van der Waals surface area contributed by atoms with Crippen molar-refractivity contribution in [3.05, 3.63) is 18.2 Å². The highest BCUT2D eigenvalue weighted by atomic mass is 32.2. The Morgan fingerprint density at radius 1 is 1.00 bits per heavy atom. The maximum absolute atomic E-state index is 12.4. The topological polar surface area (TPSA) is 93.0 Å². The molecule has 0 saturated heterocycles. The third-order valence-corrected chi connectivity index (χ3v) is 2.20. The molecular formula is C7H5F8N3O3S. The summed E-state index contributed by atoms with van der Waals surface area (Å²) in [5.74, 6) is -5.47. The molecule has 1 heterocycles. The van der Waals surface area contributed by atoms with Crippen LogP contribution in [0.5, 0.6) is 0 Å². The van der Waals surface area contributed by atoms with E-state index in [2.05, 4.69) is 15.2 Å². The molecule has 0 aliphatic carbocycles. The Hall–Kier alpha value is -1.64. The normalized spacial score (nSPS) is 13.3. The zero-order valence-corrected chi connectivity index (χ0v) is 10.7. The first-order valence-corrected chi connectivity index (χ1v) is 6.13. The molecule has 0 atom stereocenters. The lowest BCUT2D eigenvalue weighted by molar-refractivity contribution is -0.281. The molecule has 0 aliphatic heterocycles. The van der Waals surface area contributed by atoms with Crippen LogP contribution >= 0.6 is 0 Å². The van der Waals surface area contributed by atoms with Crippen molar-refractivity contribution in [1.29, 1.82) is 0 Å². The van der Waals surface area contributed by atoms with E-state index in [-0.39, 0.29) is 0 Å². The lowest BCUT2D eigenvalue weighted by Crippen LogP contribution is -2.38. The van der Waals surface area contributed by atoms with Gasteiger partial charge in [-0.05, 0) is 0 Å². The van der Waals surface area contributed by atoms with Gasteiger partial charge in [-0.15, -0.1) is 5.10 Å². The number of hydrogen-bond acceptors (Lipinski definition) is 5. The summed E-state index contributed by atoms with van der Waals surface area (Å²) in [7, 11) is -5.84. The molecule has 0 unspecified atom stereocenters. The Kier molecular flexibility index (Phi) is 6.14. The fraction of sp³-hybridized carbons (Fsp3) is 0.571. The summed E-state index contributed by atoms with van der Waals surface area (Å²) in [4.78, 5) is 3.22. The highest BCUT2D eigenvalue weighted by Gasteiger charge is 2.57. The van der Waals surface area contributed by atoms with E-state index in [0.717, 1.165) is 12.4 Å². The molecule has 15 heteroatoms. The van der Waals surface area contributed by atoms with Crippen molar-refractivity contribution in [3.63, 3.8) is 0 Å². The van der Waals surface area contributed by atoms with E-state index in [1.54, 1.807) is 0 Å². The molecule has 0 aromatic carbocycles. The van der Waals surface area contributed by atoms with Crippen LogP contribution in [0.4, 0.5) is 35.1 Å². The van der Waals surface area contributed by atoms with Crippen LogP contribution in [-0.4, -0.2) is 45.8 Å². The van der Waals surface area contributed by atoms with Gasteiger partial charge in [0.05, 0.1) is 12.6 Å². The van der Waals surface area contributed by atoms with Crippen LogP contribution in [0.15, 0.2) is 12.4 Å². The molecule has 1 rings (SSSR count). The first kappa shape index (κ1) is 20.4. The average Bonchev–Trinajstić information content (AvgIpc) is 2.26. The molecule has 1 aromatic heterocycles. The molecule has 22 heavy (non-hydrogen) atoms. The van der Waals surface area contributed by atoms with Gasteiger partial charge >= 0.3 is 27.7 Å². The van der Waals surface area contributed by atoms with E-state index in [1.165, 1.54) is 0 Å². The first-order valence-electron chi connectivity index (χ1n) is 4.69. The minimum atomic E-state index is -5.84. The van der Waals surface area contributed by atoms with Crippen molar-refractivity contribution in [3.8, 4) is 0 Å². The van der Waals surface area contributed by atoms with Gasteiger partial charge < -0.3 is 0 Å². The van der Waals surface area contributed by atoms with Crippen molar-refractivity contribution >= 4 is 10.1 Å². The van der Waals surface area contributed by atoms with Gasteiger partial charge in [-0.25, -0.2) is 4.98 Å². The minimum Gasteiger partial charge on any atom is -0.279 e. The van der Waals surface area contributed by atoms with Crippen LogP contribution in [-0.2, 0) is 16.5 Å². The summed E-state index contributed by atoms with van der Waals surface area (Å²) >= 11 is 0. The number of rotatable bonds is 2. The summed E-state index contributed by atoms with van der Waals surface area (Å²) in [5.41, 5.74) is -5.53. The number of aromatic nitrogens is 3. The third-order valence-electron chi connectivity index (χ3n) is 1.62. The van der Waals surface area contributed by atoms with E-state index in [4.69, 9.17) is 13.0 Å². The molecule has 0 spiro atoms. The van der Waals surface area contributed by atoms with E-state index >= 15 is 0 Å². The summed E-state index contributed by atoms with van der Waals surface area (Å²) < 4.78 is 117. The SMILES string of the molecule is FC(F)(F)C(F)(F)Cc1nccnn1.O=S(=O)(O)C(F)(F)F. The number of nitrogens with zero attached hydrogens (tertiary/aromatic N) is 3. The monoisotopic (exact) mass is 363 g/mol. The largest absolute Gasteiger partial charge is 0.522 e. The van der Waals surface area contributed by atoms with Gasteiger partial charge in [0.1, 0.15) is 0 Å². The van der Waals surface area contributed by atoms with Crippen molar-refractivity contribution in [2.75, 3.05) is 0 Å². The minimum absolute atomic E-state index is 0.644. The number of halogens is 8. The third kappa shape index (κ3) is 6.42. The molecule has 6 nitrogen and oxygen atoms in total. The van der Waals surface area contributed by atoms with Crippen molar-refractivity contribution in [2.24, 2.45) is 0 Å². The molecule has 0 fully saturated rings. The summed E-state index contributed by atoms with van der Waals surface area (Å²) in [6.45, 7) is 0. The van der Waals surface area contributed by atoms with E-state index < -0.39 is 40.0 Å². The van der Waals surface area contributed by atoms with Gasteiger partial charge in [-0.2, -0.15) is 48.6 Å². The second-order valence-corrected chi connectivity index (χ2v) is 4.77. The molecule has 0 bridgehead atoms. The molecule has 1 N–H and O–H groups in total. The second-order valence-electron chi connectivity index (χ2n) is 3.36. The molecule has 1 aromatic rings. The Labute approximate surface area is 116 Å². The average molecular weight is 363 g/mol. The summed E-state index contributed by atoms with van der Waals surface area (Å²) in [5, 5.41) is 6.17. The fourth-order valence-corrected chi connectivity index (χ4v) is 0.655. The van der Waals surface area contributed by atoms with Crippen molar-refractivity contribution < 1.29 is 48.1 Å². The quantitative estimate of drug-likeness (QED) is 0.491. The molecule has 128 valence electrons. The molecule has 0 saturated carbocycles. The van der Waals surface area contributed by atoms with Crippen LogP contribution in [0.25, 0.3) is 0 Å². The molecule has 0 amide bonds. The smallest absolute Gasteiger partial charge is 0.279 e. The molecule has 0 aliphatic rings. The van der Waals surface area contributed by atoms with Gasteiger partial charge in [0.2, 0.25) is 0 Å². The highest BCUT2D eigenvalue weighted by Crippen LogP contribution is 2.37. The Morgan fingerprint density at radius 3 is 1.73 bits per heavy atom. The zero-order chi connectivity index (χ0) is 17.8. The first-order chi connectivity index (χ1) is 9.58. The fourth-order valence-electron chi connectivity index (χ4n) is 0.655. The number of hydrogen-bond donors (Lipinski definition) is 1. The Bertz CT molecular complexity index is 571. The van der Waals surface area contributed by atoms with Crippen LogP contribution in [0.1, 0.15) is 5.82 Å². The zero-order valence-electron chi connectivity index (χ0n) is 9.90. The van der Waals surface area contributed by atoms with Crippen LogP contribution in [0.2, 0.25) is 0 Å². The van der Waals surface area contributed by atoms with Gasteiger partial charge in [-0.1, -0.05) is 0 Å². The Balaban J connectivity index is 0.000000472. The summed E-state index contributed by atoms with van der Waals surface area (Å²) in [6.07, 6.45) is -5.11. The standard InChI is InChI=1S/C6H4F5N3.CHF3O3S/c7-5(8,6(9,10)11)3-4-12-1-2-13-14-4;2-1(3,4)8(5,6)7/h1-2H,3H2;(H,5,6,7). The molecular weight excluding hydrogens is 358 g/mol. The lowest BCUT2D eigenvalue weighted by atomic mass is 10.2. The maximum Gasteiger partial charge on any atom is 0.522 e. The second kappa shape index (κ2) is 6.64. The maximum atomic E-state index is 12.4. The lowest BCUT2D eigenvalue weighted by Gasteiger charge is -2.17. The van der Waals surface area contributed by atoms with E-state index in [0.29, 0.717) is 0 Å². The molecule has 0 radical (unpaired) electrons. The van der Waals surface area contributed by atoms with Crippen molar-refractivity contribution in [2.45, 2.75) is 24.0 Å². The number of alkyl halides is 8. The Morgan fingerprint density at radius 2 is 1.45 bits per heavy atom. The van der Waals surface area contributed by atoms with E-state index in [1.807, 2.05) is 0 Å². The van der Waals surface area contributed by atoms with Crippen LogP contribution in [0, 0.1) is 0 Å². The van der Waals surface area contributed by atoms with Gasteiger partial charge in [-0.3, -0.25) is 4.55 Å². The van der Waals surface area contributed by atoms with Gasteiger partial charge in [0.15, 0.2) is 5.82 Å². The van der Waals surface area contributed by atoms with Gasteiger partial charge in [0.25, 0.3) is 0 Å². The van der Waals surface area contributed by atoms with Crippen LogP contribution < -0.4 is 0 Å².